The van der Waals surface area contributed by atoms with Crippen LogP contribution in [0.3, 0.4) is 0 Å². The van der Waals surface area contributed by atoms with Gasteiger partial charge < -0.3 is 15.2 Å². The van der Waals surface area contributed by atoms with Crippen LogP contribution in [0.4, 0.5) is 0 Å². The molecule has 3 aliphatic heterocycles. The number of nitrogens with zero attached hydrogens (tertiary/aromatic N) is 2. The van der Waals surface area contributed by atoms with E-state index in [-0.39, 0.29) is 17.9 Å². The van der Waals surface area contributed by atoms with Gasteiger partial charge in [0.15, 0.2) is 0 Å². The lowest BCUT2D eigenvalue weighted by molar-refractivity contribution is -0.139. The Morgan fingerprint density at radius 1 is 0.900 bits per heavy atom. The molecule has 3 aliphatic rings. The van der Waals surface area contributed by atoms with Crippen LogP contribution >= 0.6 is 0 Å². The molecule has 3 aromatic carbocycles. The summed E-state index contributed by atoms with van der Waals surface area (Å²) in [6.45, 7) is 8.65. The molecule has 6 rings (SSSR count). The van der Waals surface area contributed by atoms with Gasteiger partial charge >= 0.3 is 0 Å². The van der Waals surface area contributed by atoms with Crippen molar-refractivity contribution in [2.75, 3.05) is 32.7 Å². The summed E-state index contributed by atoms with van der Waals surface area (Å²) in [6, 6.07) is 30.3. The van der Waals surface area contributed by atoms with Gasteiger partial charge in [-0.05, 0) is 52.5 Å². The van der Waals surface area contributed by atoms with E-state index >= 15 is 0 Å². The number of hydrazine groups is 1. The molecule has 208 valence electrons. The molecule has 3 heterocycles. The Balaban J connectivity index is 1.27. The zero-order valence-corrected chi connectivity index (χ0v) is 23.8. The molecule has 3 aromatic rings. The molecule has 0 spiro atoms. The molecule has 0 saturated carbocycles. The lowest BCUT2D eigenvalue weighted by Gasteiger charge is -2.42. The zero-order chi connectivity index (χ0) is 27.5. The lowest BCUT2D eigenvalue weighted by atomic mass is 9.80. The second kappa shape index (κ2) is 12.0. The van der Waals surface area contributed by atoms with E-state index in [2.05, 4.69) is 126 Å². The molecule has 2 fully saturated rings. The average molecular weight is 535 g/mol. The molecule has 0 aromatic heterocycles. The van der Waals surface area contributed by atoms with Gasteiger partial charge in [-0.1, -0.05) is 98.8 Å². The quantitative estimate of drug-likeness (QED) is 0.393. The molecule has 2 saturated heterocycles. The third-order valence-corrected chi connectivity index (χ3v) is 8.92. The van der Waals surface area contributed by atoms with E-state index in [1.807, 2.05) is 0 Å². The largest absolute Gasteiger partial charge is 0.335 e. The molecule has 5 heteroatoms. The van der Waals surface area contributed by atoms with Crippen LogP contribution in [0, 0.1) is 11.8 Å². The lowest BCUT2D eigenvalue weighted by Crippen LogP contribution is -2.45. The molecule has 0 bridgehead atoms. The van der Waals surface area contributed by atoms with E-state index in [9.17, 15) is 4.79 Å². The number of hydrogen-bond acceptors (Lipinski definition) is 4. The van der Waals surface area contributed by atoms with Gasteiger partial charge in [0.25, 0.3) is 0 Å². The van der Waals surface area contributed by atoms with E-state index in [1.54, 1.807) is 0 Å². The van der Waals surface area contributed by atoms with E-state index in [4.69, 9.17) is 0 Å². The maximum Gasteiger partial charge on any atom is 0.228 e. The highest BCUT2D eigenvalue weighted by atomic mass is 16.2. The number of rotatable bonds is 7. The molecule has 4 atom stereocenters. The van der Waals surface area contributed by atoms with Crippen molar-refractivity contribution in [1.82, 2.24) is 20.7 Å². The van der Waals surface area contributed by atoms with Gasteiger partial charge in [-0.2, -0.15) is 0 Å². The second-order valence-electron chi connectivity index (χ2n) is 12.1. The van der Waals surface area contributed by atoms with Gasteiger partial charge in [0.1, 0.15) is 0 Å². The highest BCUT2D eigenvalue weighted by Gasteiger charge is 2.42. The Morgan fingerprint density at radius 3 is 2.35 bits per heavy atom. The normalized spacial score (nSPS) is 24.9. The SMILES string of the molecule is CC(C)CN1C=C(c2ccccc2[C@@H]2CNC[C@H]2C(=O)N2CC[C@H](c3ccccc3)C[C@@H]2c2ccccc2)CN1. The first-order valence-electron chi connectivity index (χ1n) is 15.0. The topological polar surface area (TPSA) is 47.6 Å². The maximum absolute atomic E-state index is 14.5. The molecular weight excluding hydrogens is 492 g/mol. The van der Waals surface area contributed by atoms with Crippen molar-refractivity contribution in [2.24, 2.45) is 11.8 Å². The predicted octanol–water partition coefficient (Wildman–Crippen LogP) is 5.95. The number of piperidine rings is 1. The molecule has 1 amide bonds. The summed E-state index contributed by atoms with van der Waals surface area (Å²) in [5.41, 5.74) is 10.0. The summed E-state index contributed by atoms with van der Waals surface area (Å²) in [7, 11) is 0. The highest BCUT2D eigenvalue weighted by molar-refractivity contribution is 5.82. The molecular formula is C35H42N4O. The average Bonchev–Trinajstić information content (AvgIpc) is 3.67. The summed E-state index contributed by atoms with van der Waals surface area (Å²) >= 11 is 0. The van der Waals surface area contributed by atoms with Crippen LogP contribution in [0.25, 0.3) is 5.57 Å². The van der Waals surface area contributed by atoms with Crippen molar-refractivity contribution in [3.05, 3.63) is 113 Å². The minimum Gasteiger partial charge on any atom is -0.335 e. The molecule has 0 aliphatic carbocycles. The number of nitrogens with one attached hydrogen (secondary N) is 2. The summed E-state index contributed by atoms with van der Waals surface area (Å²) in [5.74, 6) is 1.44. The number of benzene rings is 3. The minimum atomic E-state index is -0.0673. The van der Waals surface area contributed by atoms with Crippen molar-refractivity contribution >= 4 is 11.5 Å². The van der Waals surface area contributed by atoms with Crippen LogP contribution in [0.2, 0.25) is 0 Å². The monoisotopic (exact) mass is 534 g/mol. The van der Waals surface area contributed by atoms with E-state index in [0.717, 1.165) is 45.6 Å². The Bertz CT molecular complexity index is 1320. The smallest absolute Gasteiger partial charge is 0.228 e. The fourth-order valence-corrected chi connectivity index (χ4v) is 6.98. The predicted molar refractivity (Wildman–Crippen MR) is 162 cm³/mol. The van der Waals surface area contributed by atoms with E-state index in [1.165, 1.54) is 27.8 Å². The Morgan fingerprint density at radius 2 is 1.60 bits per heavy atom. The van der Waals surface area contributed by atoms with Gasteiger partial charge in [0.2, 0.25) is 5.91 Å². The number of hydrogen-bond donors (Lipinski definition) is 2. The van der Waals surface area contributed by atoms with Crippen LogP contribution in [-0.2, 0) is 4.79 Å². The summed E-state index contributed by atoms with van der Waals surface area (Å²) < 4.78 is 0. The van der Waals surface area contributed by atoms with Crippen LogP contribution in [0.5, 0.6) is 0 Å². The van der Waals surface area contributed by atoms with Gasteiger partial charge in [-0.3, -0.25) is 4.79 Å². The van der Waals surface area contributed by atoms with Gasteiger partial charge in [0, 0.05) is 44.8 Å². The summed E-state index contributed by atoms with van der Waals surface area (Å²) in [4.78, 5) is 16.7. The van der Waals surface area contributed by atoms with E-state index < -0.39 is 0 Å². The fraction of sp³-hybridized carbons (Fsp3) is 0.400. The molecule has 2 N–H and O–H groups in total. The first kappa shape index (κ1) is 26.8. The standard InChI is InChI=1S/C35H42N4O/c1-25(2)23-38-24-29(20-37-38)30-15-9-10-16-31(30)32-21-36-22-33(32)35(40)39-18-17-28(26-11-5-3-6-12-26)19-34(39)27-13-7-4-8-14-27/h3-16,24-25,28,32-34,36-37H,17-23H2,1-2H3/t28-,32-,33+,34+/m0/s1. The minimum absolute atomic E-state index is 0.0673. The zero-order valence-electron chi connectivity index (χ0n) is 23.8. The summed E-state index contributed by atoms with van der Waals surface area (Å²) in [5, 5.41) is 5.81. The number of amides is 1. The third kappa shape index (κ3) is 5.59. The Labute approximate surface area is 239 Å². The van der Waals surface area contributed by atoms with Gasteiger partial charge in [-0.15, -0.1) is 0 Å². The first-order chi connectivity index (χ1) is 19.6. The van der Waals surface area contributed by atoms with Gasteiger partial charge in [-0.25, -0.2) is 5.43 Å². The Hall–Kier alpha value is -3.41. The van der Waals surface area contributed by atoms with Crippen molar-refractivity contribution < 1.29 is 4.79 Å². The van der Waals surface area contributed by atoms with Crippen molar-refractivity contribution in [1.29, 1.82) is 0 Å². The fourth-order valence-electron chi connectivity index (χ4n) is 6.98. The summed E-state index contributed by atoms with van der Waals surface area (Å²) in [6.07, 6.45) is 4.23. The number of carbonyl (C=O) groups excluding carboxylic acids is 1. The third-order valence-electron chi connectivity index (χ3n) is 8.92. The highest BCUT2D eigenvalue weighted by Crippen LogP contribution is 2.42. The molecule has 5 nitrogen and oxygen atoms in total. The van der Waals surface area contributed by atoms with Crippen LogP contribution < -0.4 is 10.7 Å². The Kier molecular flexibility index (Phi) is 8.03. The second-order valence-corrected chi connectivity index (χ2v) is 12.1. The van der Waals surface area contributed by atoms with Crippen LogP contribution in [-0.4, -0.2) is 48.5 Å². The molecule has 40 heavy (non-hydrogen) atoms. The van der Waals surface area contributed by atoms with Crippen LogP contribution in [0.1, 0.15) is 66.8 Å². The molecule has 0 unspecified atom stereocenters. The molecule has 0 radical (unpaired) electrons. The van der Waals surface area contributed by atoms with Gasteiger partial charge in [0.05, 0.1) is 12.0 Å². The van der Waals surface area contributed by atoms with Crippen molar-refractivity contribution in [3.8, 4) is 0 Å². The number of likely N-dealkylation sites (tertiary alicyclic amines) is 1. The maximum atomic E-state index is 14.5. The van der Waals surface area contributed by atoms with E-state index in [0.29, 0.717) is 17.7 Å². The van der Waals surface area contributed by atoms with Crippen LogP contribution in [0.15, 0.2) is 91.1 Å². The van der Waals surface area contributed by atoms with Crippen molar-refractivity contribution in [2.45, 2.75) is 44.6 Å². The first-order valence-corrected chi connectivity index (χ1v) is 15.0. The van der Waals surface area contributed by atoms with Crippen molar-refractivity contribution in [3.63, 3.8) is 0 Å². The number of carbonyl (C=O) groups is 1.